The van der Waals surface area contributed by atoms with E-state index >= 15 is 0 Å². The maximum Gasteiger partial charge on any atom is 0.237 e. The quantitative estimate of drug-likeness (QED) is 0.614. The SMILES string of the molecule is CC(CCOCCC1CCC1)(NC1CC1)C(N)=O. The standard InChI is InChI=1S/C14H26N2O2/c1-14(13(15)17,16-12-5-6-12)8-10-18-9-7-11-3-2-4-11/h11-12,16H,2-10H2,1H3,(H2,15,17). The van der Waals surface area contributed by atoms with Crippen LogP contribution in [0.2, 0.25) is 0 Å². The summed E-state index contributed by atoms with van der Waals surface area (Å²) >= 11 is 0. The molecule has 2 saturated carbocycles. The molecule has 3 N–H and O–H groups in total. The molecule has 0 heterocycles. The smallest absolute Gasteiger partial charge is 0.237 e. The largest absolute Gasteiger partial charge is 0.381 e. The van der Waals surface area contributed by atoms with Gasteiger partial charge in [0.05, 0.1) is 5.54 Å². The highest BCUT2D eigenvalue weighted by atomic mass is 16.5. The first-order valence-electron chi connectivity index (χ1n) is 7.25. The van der Waals surface area contributed by atoms with Crippen molar-refractivity contribution in [3.05, 3.63) is 0 Å². The van der Waals surface area contributed by atoms with Gasteiger partial charge in [-0.05, 0) is 38.5 Å². The Morgan fingerprint density at radius 1 is 1.33 bits per heavy atom. The summed E-state index contributed by atoms with van der Waals surface area (Å²) in [6.07, 6.45) is 8.27. The summed E-state index contributed by atoms with van der Waals surface area (Å²) in [6, 6.07) is 0.484. The van der Waals surface area contributed by atoms with Crippen LogP contribution in [0.15, 0.2) is 0 Å². The molecule has 0 aromatic carbocycles. The van der Waals surface area contributed by atoms with Crippen LogP contribution in [0.4, 0.5) is 0 Å². The molecule has 1 amide bonds. The Morgan fingerprint density at radius 2 is 2.06 bits per heavy atom. The number of hydrogen-bond acceptors (Lipinski definition) is 3. The Hall–Kier alpha value is -0.610. The van der Waals surface area contributed by atoms with Gasteiger partial charge in [0.25, 0.3) is 0 Å². The minimum absolute atomic E-state index is 0.267. The van der Waals surface area contributed by atoms with E-state index in [2.05, 4.69) is 5.32 Å². The monoisotopic (exact) mass is 254 g/mol. The lowest BCUT2D eigenvalue weighted by molar-refractivity contribution is -0.124. The lowest BCUT2D eigenvalue weighted by atomic mass is 9.83. The normalized spacial score (nSPS) is 23.4. The van der Waals surface area contributed by atoms with Crippen molar-refractivity contribution in [2.24, 2.45) is 11.7 Å². The van der Waals surface area contributed by atoms with Crippen LogP contribution < -0.4 is 11.1 Å². The molecule has 0 bridgehead atoms. The van der Waals surface area contributed by atoms with Gasteiger partial charge in [-0.2, -0.15) is 0 Å². The second kappa shape index (κ2) is 6.02. The molecule has 1 unspecified atom stereocenters. The fourth-order valence-corrected chi connectivity index (χ4v) is 2.35. The third kappa shape index (κ3) is 3.95. The zero-order chi connectivity index (χ0) is 13.0. The van der Waals surface area contributed by atoms with E-state index in [1.165, 1.54) is 25.7 Å². The summed E-state index contributed by atoms with van der Waals surface area (Å²) in [5.74, 6) is 0.620. The summed E-state index contributed by atoms with van der Waals surface area (Å²) in [4.78, 5) is 11.5. The Labute approximate surface area is 110 Å². The van der Waals surface area contributed by atoms with Gasteiger partial charge in [0.1, 0.15) is 0 Å². The van der Waals surface area contributed by atoms with Gasteiger partial charge in [-0.15, -0.1) is 0 Å². The molecule has 0 aliphatic heterocycles. The van der Waals surface area contributed by atoms with E-state index in [1.54, 1.807) is 0 Å². The van der Waals surface area contributed by atoms with Gasteiger partial charge in [0.2, 0.25) is 5.91 Å². The van der Waals surface area contributed by atoms with Crippen molar-refractivity contribution in [2.45, 2.75) is 63.5 Å². The fraction of sp³-hybridized carbons (Fsp3) is 0.929. The zero-order valence-electron chi connectivity index (χ0n) is 11.4. The van der Waals surface area contributed by atoms with Crippen LogP contribution in [0, 0.1) is 5.92 Å². The average Bonchev–Trinajstić information content (AvgIpc) is 3.04. The van der Waals surface area contributed by atoms with Crippen LogP contribution in [0.5, 0.6) is 0 Å². The Balaban J connectivity index is 1.60. The van der Waals surface area contributed by atoms with Crippen molar-refractivity contribution >= 4 is 5.91 Å². The highest BCUT2D eigenvalue weighted by Crippen LogP contribution is 2.29. The lowest BCUT2D eigenvalue weighted by Gasteiger charge is -2.28. The molecule has 2 fully saturated rings. The fourth-order valence-electron chi connectivity index (χ4n) is 2.35. The van der Waals surface area contributed by atoms with Crippen molar-refractivity contribution in [3.63, 3.8) is 0 Å². The molecule has 4 heteroatoms. The summed E-state index contributed by atoms with van der Waals surface area (Å²) in [7, 11) is 0. The number of hydrogen-bond donors (Lipinski definition) is 2. The first-order chi connectivity index (χ1) is 8.60. The molecule has 2 aliphatic carbocycles. The topological polar surface area (TPSA) is 64.3 Å². The number of nitrogens with one attached hydrogen (secondary N) is 1. The Kier molecular flexibility index (Phi) is 4.62. The summed E-state index contributed by atoms with van der Waals surface area (Å²) in [5, 5.41) is 3.33. The maximum absolute atomic E-state index is 11.5. The van der Waals surface area contributed by atoms with E-state index in [-0.39, 0.29) is 5.91 Å². The third-order valence-corrected chi connectivity index (χ3v) is 4.29. The summed E-state index contributed by atoms with van der Waals surface area (Å²) in [5.41, 5.74) is 4.88. The van der Waals surface area contributed by atoms with Gasteiger partial charge < -0.3 is 15.8 Å². The zero-order valence-corrected chi connectivity index (χ0v) is 11.4. The second-order valence-corrected chi connectivity index (χ2v) is 6.06. The van der Waals surface area contributed by atoms with E-state index < -0.39 is 5.54 Å². The molecule has 2 aliphatic rings. The maximum atomic E-state index is 11.5. The summed E-state index contributed by atoms with van der Waals surface area (Å²) < 4.78 is 5.64. The van der Waals surface area contributed by atoms with E-state index in [0.717, 1.165) is 25.4 Å². The first kappa shape index (κ1) is 13.8. The van der Waals surface area contributed by atoms with Gasteiger partial charge in [-0.25, -0.2) is 0 Å². The molecule has 4 nitrogen and oxygen atoms in total. The van der Waals surface area contributed by atoms with Gasteiger partial charge >= 0.3 is 0 Å². The van der Waals surface area contributed by atoms with Crippen LogP contribution in [0.25, 0.3) is 0 Å². The molecule has 18 heavy (non-hydrogen) atoms. The van der Waals surface area contributed by atoms with E-state index in [9.17, 15) is 4.79 Å². The van der Waals surface area contributed by atoms with Gasteiger partial charge in [0, 0.05) is 19.3 Å². The second-order valence-electron chi connectivity index (χ2n) is 6.06. The Bertz CT molecular complexity index is 288. The highest BCUT2D eigenvalue weighted by molar-refractivity contribution is 5.84. The number of carbonyl (C=O) groups excluding carboxylic acids is 1. The predicted octanol–water partition coefficient (Wildman–Crippen LogP) is 1.58. The van der Waals surface area contributed by atoms with Crippen LogP contribution in [0.3, 0.4) is 0 Å². The molecule has 0 aromatic heterocycles. The van der Waals surface area contributed by atoms with Crippen molar-refractivity contribution in [1.29, 1.82) is 0 Å². The van der Waals surface area contributed by atoms with E-state index in [1.807, 2.05) is 6.92 Å². The molecule has 0 spiro atoms. The Morgan fingerprint density at radius 3 is 2.56 bits per heavy atom. The van der Waals surface area contributed by atoms with Gasteiger partial charge in [0.15, 0.2) is 0 Å². The predicted molar refractivity (Wildman–Crippen MR) is 71.2 cm³/mol. The minimum atomic E-state index is -0.600. The first-order valence-corrected chi connectivity index (χ1v) is 7.25. The number of nitrogens with two attached hydrogens (primary N) is 1. The molecular weight excluding hydrogens is 228 g/mol. The van der Waals surface area contributed by atoms with Gasteiger partial charge in [-0.3, -0.25) is 4.79 Å². The van der Waals surface area contributed by atoms with Crippen molar-refractivity contribution in [1.82, 2.24) is 5.32 Å². The van der Waals surface area contributed by atoms with Crippen LogP contribution in [-0.4, -0.2) is 30.7 Å². The summed E-state index contributed by atoms with van der Waals surface area (Å²) in [6.45, 7) is 3.33. The molecule has 0 saturated heterocycles. The third-order valence-electron chi connectivity index (χ3n) is 4.29. The molecule has 0 radical (unpaired) electrons. The van der Waals surface area contributed by atoms with Crippen LogP contribution in [0.1, 0.15) is 51.9 Å². The lowest BCUT2D eigenvalue weighted by Crippen LogP contribution is -2.54. The number of ether oxygens (including phenoxy) is 1. The number of rotatable bonds is 9. The van der Waals surface area contributed by atoms with Crippen LogP contribution >= 0.6 is 0 Å². The molecule has 1 atom stereocenters. The van der Waals surface area contributed by atoms with E-state index in [0.29, 0.717) is 19.1 Å². The van der Waals surface area contributed by atoms with Crippen molar-refractivity contribution in [2.75, 3.05) is 13.2 Å². The van der Waals surface area contributed by atoms with Crippen LogP contribution in [-0.2, 0) is 9.53 Å². The van der Waals surface area contributed by atoms with Crippen molar-refractivity contribution < 1.29 is 9.53 Å². The number of amides is 1. The highest BCUT2D eigenvalue weighted by Gasteiger charge is 2.36. The molecule has 104 valence electrons. The van der Waals surface area contributed by atoms with E-state index in [4.69, 9.17) is 10.5 Å². The van der Waals surface area contributed by atoms with Gasteiger partial charge in [-0.1, -0.05) is 19.3 Å². The van der Waals surface area contributed by atoms with Crippen molar-refractivity contribution in [3.8, 4) is 0 Å². The molecule has 2 rings (SSSR count). The number of carbonyl (C=O) groups is 1. The molecule has 0 aromatic rings. The number of primary amides is 1. The minimum Gasteiger partial charge on any atom is -0.381 e. The average molecular weight is 254 g/mol. The molecular formula is C14H26N2O2.